The molecule has 1 fully saturated rings. The number of ether oxygens (including phenoxy) is 6. The zero-order valence-electron chi connectivity index (χ0n) is 25.6. The molecule has 13 heteroatoms. The minimum absolute atomic E-state index is 0.0379. The van der Waals surface area contributed by atoms with E-state index in [0.29, 0.717) is 12.8 Å². The largest absolute Gasteiger partial charge is 0.458 e. The maximum atomic E-state index is 12.9. The van der Waals surface area contributed by atoms with Gasteiger partial charge in [-0.15, -0.1) is 0 Å². The molecule has 1 rings (SSSR count). The van der Waals surface area contributed by atoms with Crippen LogP contribution >= 0.6 is 0 Å². The monoisotopic (exact) mass is 621 g/mol. The highest BCUT2D eigenvalue weighted by Crippen LogP contribution is 2.49. The zero-order valence-corrected chi connectivity index (χ0v) is 25.6. The average molecular weight is 622 g/mol. The third kappa shape index (κ3) is 15.2. The first-order valence-corrected chi connectivity index (χ1v) is 13.9. The van der Waals surface area contributed by atoms with Gasteiger partial charge in [0.15, 0.2) is 12.2 Å². The fourth-order valence-corrected chi connectivity index (χ4v) is 5.25. The molecule has 1 saturated carbocycles. The summed E-state index contributed by atoms with van der Waals surface area (Å²) in [4.78, 5) is 71.4. The Morgan fingerprint density at radius 1 is 0.705 bits per heavy atom. The maximum absolute atomic E-state index is 12.9. The van der Waals surface area contributed by atoms with Crippen LogP contribution in [0.3, 0.4) is 0 Å². The Labute approximate surface area is 257 Å². The van der Waals surface area contributed by atoms with Gasteiger partial charge in [-0.3, -0.25) is 4.79 Å². The predicted octanol–water partition coefficient (Wildman–Crippen LogP) is 3.13. The molecule has 0 saturated heterocycles. The highest BCUT2D eigenvalue weighted by atomic mass is 16.6. The molecule has 1 N–H and O–H groups in total. The van der Waals surface area contributed by atoms with Crippen molar-refractivity contribution in [2.75, 3.05) is 33.0 Å². The molecule has 2 unspecified atom stereocenters. The third-order valence-electron chi connectivity index (χ3n) is 6.53. The van der Waals surface area contributed by atoms with Crippen LogP contribution in [-0.2, 0) is 52.4 Å². The fourth-order valence-electron chi connectivity index (χ4n) is 5.25. The van der Waals surface area contributed by atoms with Gasteiger partial charge in [-0.2, -0.15) is 0 Å². The van der Waals surface area contributed by atoms with E-state index in [4.69, 9.17) is 28.4 Å². The Balaban J connectivity index is 2.82. The van der Waals surface area contributed by atoms with Crippen LogP contribution in [-0.4, -0.2) is 81.1 Å². The summed E-state index contributed by atoms with van der Waals surface area (Å²) in [5, 5.41) is 2.72. The number of hydrogen-bond acceptors (Lipinski definition) is 12. The van der Waals surface area contributed by atoms with Crippen LogP contribution in [0.1, 0.15) is 46.5 Å². The summed E-state index contributed by atoms with van der Waals surface area (Å²) in [6, 6.07) is 0. The number of carbonyl (C=O) groups is 6. The van der Waals surface area contributed by atoms with Crippen LogP contribution in [0.15, 0.2) is 50.6 Å². The van der Waals surface area contributed by atoms with Crippen molar-refractivity contribution in [1.82, 2.24) is 5.32 Å². The van der Waals surface area contributed by atoms with E-state index in [1.165, 1.54) is 0 Å². The lowest BCUT2D eigenvalue weighted by molar-refractivity contribution is -0.165. The van der Waals surface area contributed by atoms with Crippen LogP contribution in [0.2, 0.25) is 0 Å². The molecule has 0 aromatic heterocycles. The van der Waals surface area contributed by atoms with Crippen molar-refractivity contribution in [1.29, 1.82) is 0 Å². The van der Waals surface area contributed by atoms with Crippen molar-refractivity contribution in [2.24, 2.45) is 16.7 Å². The molecule has 13 nitrogen and oxygen atoms in total. The first-order valence-electron chi connectivity index (χ1n) is 13.9. The van der Waals surface area contributed by atoms with Crippen LogP contribution in [0.5, 0.6) is 0 Å². The molecule has 0 radical (unpaired) electrons. The molecule has 0 spiro atoms. The summed E-state index contributed by atoms with van der Waals surface area (Å²) in [6.45, 7) is 18.1. The van der Waals surface area contributed by atoms with Crippen LogP contribution < -0.4 is 5.32 Å². The van der Waals surface area contributed by atoms with E-state index in [-0.39, 0.29) is 50.7 Å². The number of amides is 1. The van der Waals surface area contributed by atoms with Crippen molar-refractivity contribution in [3.05, 3.63) is 50.6 Å². The smallest absolute Gasteiger partial charge is 0.407 e. The number of nitrogens with one attached hydrogen (secondary N) is 1. The van der Waals surface area contributed by atoms with Gasteiger partial charge in [0.2, 0.25) is 0 Å². The topological polar surface area (TPSA) is 170 Å². The average Bonchev–Trinajstić information content (AvgIpc) is 2.96. The lowest BCUT2D eigenvalue weighted by Gasteiger charge is -2.46. The van der Waals surface area contributed by atoms with Crippen molar-refractivity contribution in [3.8, 4) is 0 Å². The second-order valence-corrected chi connectivity index (χ2v) is 11.5. The standard InChI is InChI=1S/C31H43NO12/c1-8-24(33)39-15-22(16-40-25(34)9-2)43-28(37)12-21-13-30(5,6)19-31(7,14-21)20-32-29(38)44-23(17-41-26(35)10-3)18-42-27(36)11-4/h8-11,21-23H,1-4,12-20H2,5-7H3,(H,32,38). The lowest BCUT2D eigenvalue weighted by Crippen LogP contribution is -2.45. The minimum atomic E-state index is -1.08. The van der Waals surface area contributed by atoms with Gasteiger partial charge in [-0.1, -0.05) is 47.1 Å². The van der Waals surface area contributed by atoms with E-state index >= 15 is 0 Å². The highest BCUT2D eigenvalue weighted by molar-refractivity contribution is 5.82. The Morgan fingerprint density at radius 2 is 1.11 bits per heavy atom. The van der Waals surface area contributed by atoms with E-state index < -0.39 is 53.6 Å². The van der Waals surface area contributed by atoms with E-state index in [2.05, 4.69) is 45.5 Å². The summed E-state index contributed by atoms with van der Waals surface area (Å²) in [5.74, 6) is -3.61. The second-order valence-electron chi connectivity index (χ2n) is 11.5. The van der Waals surface area contributed by atoms with Crippen LogP contribution in [0.4, 0.5) is 4.79 Å². The second kappa shape index (κ2) is 18.3. The van der Waals surface area contributed by atoms with Gasteiger partial charge in [-0.05, 0) is 36.0 Å². The van der Waals surface area contributed by atoms with Gasteiger partial charge in [0.1, 0.15) is 26.4 Å². The first kappa shape index (κ1) is 37.6. The number of carbonyl (C=O) groups excluding carboxylic acids is 6. The Kier molecular flexibility index (Phi) is 15.6. The van der Waals surface area contributed by atoms with Crippen LogP contribution in [0, 0.1) is 16.7 Å². The Bertz CT molecular complexity index is 1050. The quantitative estimate of drug-likeness (QED) is 0.135. The SMILES string of the molecule is C=CC(=O)OCC(COC(=O)C=C)OC(=O)CC1CC(C)(C)CC(C)(CNC(=O)OC(COC(=O)C=C)COC(=O)C=C)C1. The molecule has 0 aromatic carbocycles. The molecular weight excluding hydrogens is 578 g/mol. The van der Waals surface area contributed by atoms with Crippen molar-refractivity contribution >= 4 is 35.9 Å². The summed E-state index contributed by atoms with van der Waals surface area (Å²) in [7, 11) is 0. The van der Waals surface area contributed by atoms with Crippen LogP contribution in [0.25, 0.3) is 0 Å². The molecule has 244 valence electrons. The molecule has 0 aliphatic heterocycles. The fraction of sp³-hybridized carbons (Fsp3) is 0.548. The van der Waals surface area contributed by atoms with Crippen molar-refractivity contribution in [2.45, 2.75) is 58.7 Å². The van der Waals surface area contributed by atoms with E-state index in [9.17, 15) is 28.8 Å². The van der Waals surface area contributed by atoms with Gasteiger partial charge < -0.3 is 33.7 Å². The van der Waals surface area contributed by atoms with Crippen molar-refractivity contribution in [3.63, 3.8) is 0 Å². The van der Waals surface area contributed by atoms with Gasteiger partial charge in [0.05, 0.1) is 0 Å². The molecular formula is C31H43NO12. The normalized spacial score (nSPS) is 18.6. The summed E-state index contributed by atoms with van der Waals surface area (Å²) in [6.07, 6.45) is 2.91. The molecule has 0 bridgehead atoms. The Morgan fingerprint density at radius 3 is 1.52 bits per heavy atom. The molecule has 0 aromatic rings. The van der Waals surface area contributed by atoms with Gasteiger partial charge in [0, 0.05) is 37.3 Å². The molecule has 44 heavy (non-hydrogen) atoms. The molecule has 1 amide bonds. The summed E-state index contributed by atoms with van der Waals surface area (Å²) < 4.78 is 30.6. The van der Waals surface area contributed by atoms with E-state index in [1.54, 1.807) is 0 Å². The number of hydrogen-bond donors (Lipinski definition) is 1. The van der Waals surface area contributed by atoms with Gasteiger partial charge in [-0.25, -0.2) is 24.0 Å². The predicted molar refractivity (Wildman–Crippen MR) is 157 cm³/mol. The summed E-state index contributed by atoms with van der Waals surface area (Å²) in [5.41, 5.74) is -0.633. The zero-order chi connectivity index (χ0) is 33.3. The Hall–Kier alpha value is -4.42. The molecule has 1 aliphatic rings. The molecule has 0 heterocycles. The maximum Gasteiger partial charge on any atom is 0.407 e. The number of esters is 5. The van der Waals surface area contributed by atoms with Gasteiger partial charge >= 0.3 is 35.9 Å². The minimum Gasteiger partial charge on any atom is -0.458 e. The van der Waals surface area contributed by atoms with E-state index in [1.807, 2.05) is 6.92 Å². The molecule has 2 atom stereocenters. The number of rotatable bonds is 18. The molecule has 1 aliphatic carbocycles. The lowest BCUT2D eigenvalue weighted by atomic mass is 9.60. The summed E-state index contributed by atoms with van der Waals surface area (Å²) >= 11 is 0. The first-order chi connectivity index (χ1) is 20.6. The third-order valence-corrected chi connectivity index (χ3v) is 6.53. The number of alkyl carbamates (subject to hydrolysis) is 1. The highest BCUT2D eigenvalue weighted by Gasteiger charge is 2.42. The van der Waals surface area contributed by atoms with Crippen molar-refractivity contribution < 1.29 is 57.2 Å². The van der Waals surface area contributed by atoms with E-state index in [0.717, 1.165) is 30.7 Å². The van der Waals surface area contributed by atoms with Gasteiger partial charge in [0.25, 0.3) is 0 Å².